The van der Waals surface area contributed by atoms with Crippen molar-refractivity contribution < 1.29 is 4.42 Å². The largest absolute Gasteiger partial charge is 0.456 e. The molecule has 7 aromatic carbocycles. The zero-order chi connectivity index (χ0) is 37.0. The lowest BCUT2D eigenvalue weighted by atomic mass is 10.0. The summed E-state index contributed by atoms with van der Waals surface area (Å²) in [7, 11) is 0. The molecule has 4 aromatic heterocycles. The second kappa shape index (κ2) is 13.0. The number of para-hydroxylation sites is 2. The van der Waals surface area contributed by atoms with Gasteiger partial charge in [-0.3, -0.25) is 4.98 Å². The molecule has 0 spiro atoms. The molecule has 0 atom stereocenters. The van der Waals surface area contributed by atoms with Crippen molar-refractivity contribution in [1.29, 1.82) is 0 Å². The maximum absolute atomic E-state index is 6.35. The molecular formula is C50H31N5O. The lowest BCUT2D eigenvalue weighted by Crippen LogP contribution is -2.00. The van der Waals surface area contributed by atoms with Crippen LogP contribution in [0.25, 0.3) is 106 Å². The first-order chi connectivity index (χ1) is 27.7. The highest BCUT2D eigenvalue weighted by atomic mass is 16.3. The van der Waals surface area contributed by atoms with E-state index in [1.807, 2.05) is 66.9 Å². The molecule has 11 rings (SSSR count). The molecular weight excluding hydrogens is 687 g/mol. The first kappa shape index (κ1) is 31.8. The average Bonchev–Trinajstić information content (AvgIpc) is 3.80. The standard InChI is InChI=1S/C50H31N5O/c1-3-11-33(12-4-1)48-52-49(54-50(53-48)37-14-9-13-35(27-37)38-15-10-26-51-31-38)34-22-20-32(21-23-34)36-24-25-44-41(28-36)42-29-43-40-18-7-8-19-46(40)56-47(43)30-45(42)55(44)39-16-5-2-6-17-39/h1-31H. The van der Waals surface area contributed by atoms with Gasteiger partial charge in [-0.2, -0.15) is 0 Å². The van der Waals surface area contributed by atoms with Crippen molar-refractivity contribution >= 4 is 43.7 Å². The fourth-order valence-corrected chi connectivity index (χ4v) is 7.81. The minimum Gasteiger partial charge on any atom is -0.456 e. The topological polar surface area (TPSA) is 69.6 Å². The molecule has 11 aromatic rings. The summed E-state index contributed by atoms with van der Waals surface area (Å²) in [6.07, 6.45) is 3.65. The molecule has 6 nitrogen and oxygen atoms in total. The lowest BCUT2D eigenvalue weighted by molar-refractivity contribution is 0.669. The molecule has 0 aliphatic carbocycles. The van der Waals surface area contributed by atoms with Crippen molar-refractivity contribution in [1.82, 2.24) is 24.5 Å². The SMILES string of the molecule is c1ccc(-c2nc(-c3ccc(-c4ccc5c(c4)c4cc6c(cc4n5-c4ccccc4)oc4ccccc46)cc3)nc(-c3cccc(-c4cccnc4)c3)n2)cc1. The molecule has 0 bridgehead atoms. The van der Waals surface area contributed by atoms with E-state index in [0.29, 0.717) is 17.5 Å². The zero-order valence-corrected chi connectivity index (χ0v) is 30.0. The van der Waals surface area contributed by atoms with Crippen LogP contribution in [0.4, 0.5) is 0 Å². The second-order valence-electron chi connectivity index (χ2n) is 13.9. The molecule has 0 fully saturated rings. The van der Waals surface area contributed by atoms with Crippen LogP contribution >= 0.6 is 0 Å². The third-order valence-electron chi connectivity index (χ3n) is 10.5. The van der Waals surface area contributed by atoms with Crippen LogP contribution in [0.15, 0.2) is 193 Å². The first-order valence-electron chi connectivity index (χ1n) is 18.6. The number of nitrogens with zero attached hydrogens (tertiary/aromatic N) is 5. The van der Waals surface area contributed by atoms with E-state index in [1.165, 1.54) is 10.8 Å². The molecule has 56 heavy (non-hydrogen) atoms. The number of hydrogen-bond donors (Lipinski definition) is 0. The minimum absolute atomic E-state index is 0.614. The molecule has 4 heterocycles. The summed E-state index contributed by atoms with van der Waals surface area (Å²) in [6.45, 7) is 0. The summed E-state index contributed by atoms with van der Waals surface area (Å²) >= 11 is 0. The summed E-state index contributed by atoms with van der Waals surface area (Å²) < 4.78 is 8.68. The number of fused-ring (bicyclic) bond motifs is 6. The molecule has 0 N–H and O–H groups in total. The van der Waals surface area contributed by atoms with Crippen LogP contribution in [-0.4, -0.2) is 24.5 Å². The fraction of sp³-hybridized carbons (Fsp3) is 0. The molecule has 0 aliphatic heterocycles. The van der Waals surface area contributed by atoms with E-state index in [1.54, 1.807) is 6.20 Å². The molecule has 262 valence electrons. The van der Waals surface area contributed by atoms with Crippen LogP contribution < -0.4 is 0 Å². The van der Waals surface area contributed by atoms with Gasteiger partial charge in [-0.1, -0.05) is 121 Å². The Morgan fingerprint density at radius 3 is 1.75 bits per heavy atom. The Morgan fingerprint density at radius 2 is 0.964 bits per heavy atom. The van der Waals surface area contributed by atoms with Crippen molar-refractivity contribution in [3.63, 3.8) is 0 Å². The molecule has 0 amide bonds. The van der Waals surface area contributed by atoms with Crippen LogP contribution in [-0.2, 0) is 0 Å². The smallest absolute Gasteiger partial charge is 0.164 e. The Balaban J connectivity index is 1.02. The van der Waals surface area contributed by atoms with Crippen LogP contribution in [0, 0.1) is 0 Å². The normalized spacial score (nSPS) is 11.6. The van der Waals surface area contributed by atoms with Crippen LogP contribution in [0.2, 0.25) is 0 Å². The van der Waals surface area contributed by atoms with Crippen molar-refractivity contribution in [3.05, 3.63) is 188 Å². The Hall–Kier alpha value is -7.70. The Kier molecular flexibility index (Phi) is 7.38. The number of aromatic nitrogens is 5. The highest BCUT2D eigenvalue weighted by Crippen LogP contribution is 2.40. The van der Waals surface area contributed by atoms with Crippen molar-refractivity contribution in [2.45, 2.75) is 0 Å². The predicted molar refractivity (Wildman–Crippen MR) is 226 cm³/mol. The van der Waals surface area contributed by atoms with Crippen molar-refractivity contribution in [3.8, 4) is 62.1 Å². The van der Waals surface area contributed by atoms with E-state index in [9.17, 15) is 0 Å². The quantitative estimate of drug-likeness (QED) is 0.171. The van der Waals surface area contributed by atoms with Gasteiger partial charge >= 0.3 is 0 Å². The van der Waals surface area contributed by atoms with Crippen molar-refractivity contribution in [2.75, 3.05) is 0 Å². The van der Waals surface area contributed by atoms with E-state index in [0.717, 1.165) is 77.6 Å². The molecule has 0 aliphatic rings. The van der Waals surface area contributed by atoms with Crippen LogP contribution in [0.3, 0.4) is 0 Å². The van der Waals surface area contributed by atoms with E-state index >= 15 is 0 Å². The van der Waals surface area contributed by atoms with Gasteiger partial charge < -0.3 is 8.98 Å². The van der Waals surface area contributed by atoms with Crippen LogP contribution in [0.1, 0.15) is 0 Å². The van der Waals surface area contributed by atoms with Gasteiger partial charge in [0.15, 0.2) is 17.5 Å². The molecule has 0 radical (unpaired) electrons. The number of pyridine rings is 1. The summed E-state index contributed by atoms with van der Waals surface area (Å²) in [5, 5.41) is 4.60. The predicted octanol–water partition coefficient (Wildman–Crippen LogP) is 12.6. The molecule has 0 saturated heterocycles. The first-order valence-corrected chi connectivity index (χ1v) is 18.6. The minimum atomic E-state index is 0.614. The molecule has 6 heteroatoms. The average molecular weight is 718 g/mol. The van der Waals surface area contributed by atoms with Crippen LogP contribution in [0.5, 0.6) is 0 Å². The maximum atomic E-state index is 6.35. The summed E-state index contributed by atoms with van der Waals surface area (Å²) in [5.41, 5.74) is 12.2. The summed E-state index contributed by atoms with van der Waals surface area (Å²) in [6, 6.07) is 60.9. The van der Waals surface area contributed by atoms with E-state index < -0.39 is 0 Å². The molecule has 0 saturated carbocycles. The van der Waals surface area contributed by atoms with Gasteiger partial charge in [0.05, 0.1) is 11.0 Å². The van der Waals surface area contributed by atoms with E-state index in [2.05, 4.69) is 125 Å². The van der Waals surface area contributed by atoms with Gasteiger partial charge in [0.1, 0.15) is 11.2 Å². The highest BCUT2D eigenvalue weighted by Gasteiger charge is 2.18. The second-order valence-corrected chi connectivity index (χ2v) is 13.9. The third kappa shape index (κ3) is 5.43. The highest BCUT2D eigenvalue weighted by molar-refractivity contribution is 6.18. The van der Waals surface area contributed by atoms with Gasteiger partial charge in [-0.15, -0.1) is 0 Å². The van der Waals surface area contributed by atoms with E-state index in [4.69, 9.17) is 19.4 Å². The summed E-state index contributed by atoms with van der Waals surface area (Å²) in [5.74, 6) is 1.86. The summed E-state index contributed by atoms with van der Waals surface area (Å²) in [4.78, 5) is 19.3. The monoisotopic (exact) mass is 717 g/mol. The number of rotatable bonds is 6. The lowest BCUT2D eigenvalue weighted by Gasteiger charge is -2.10. The van der Waals surface area contributed by atoms with Gasteiger partial charge in [-0.05, 0) is 65.2 Å². The van der Waals surface area contributed by atoms with E-state index in [-0.39, 0.29) is 0 Å². The van der Waals surface area contributed by atoms with Gasteiger partial charge in [-0.25, -0.2) is 15.0 Å². The van der Waals surface area contributed by atoms with Gasteiger partial charge in [0.25, 0.3) is 0 Å². The van der Waals surface area contributed by atoms with Gasteiger partial charge in [0.2, 0.25) is 0 Å². The molecule has 0 unspecified atom stereocenters. The van der Waals surface area contributed by atoms with Crippen molar-refractivity contribution in [2.24, 2.45) is 0 Å². The Labute approximate surface area is 322 Å². The Morgan fingerprint density at radius 1 is 0.357 bits per heavy atom. The number of hydrogen-bond acceptors (Lipinski definition) is 5. The Bertz CT molecular complexity index is 3230. The number of furan rings is 1. The third-order valence-corrected chi connectivity index (χ3v) is 10.5. The number of benzene rings is 7. The zero-order valence-electron chi connectivity index (χ0n) is 30.0. The van der Waals surface area contributed by atoms with Gasteiger partial charge in [0, 0.05) is 67.9 Å². The maximum Gasteiger partial charge on any atom is 0.164 e. The fourth-order valence-electron chi connectivity index (χ4n) is 7.81.